The molecule has 1 unspecified atom stereocenters. The Labute approximate surface area is 189 Å². The van der Waals surface area contributed by atoms with E-state index in [1.807, 2.05) is 0 Å². The number of benzene rings is 1. The van der Waals surface area contributed by atoms with Crippen molar-refractivity contribution in [1.82, 2.24) is 5.32 Å². The molecule has 1 aromatic rings. The van der Waals surface area contributed by atoms with E-state index in [0.29, 0.717) is 34.2 Å². The number of nitrogens with one attached hydrogen (secondary N) is 2. The summed E-state index contributed by atoms with van der Waals surface area (Å²) in [7, 11) is 1.27. The Kier molecular flexibility index (Phi) is 8.64. The lowest BCUT2D eigenvalue weighted by atomic mass is 9.79. The number of hydrogen-bond donors (Lipinski definition) is 3. The van der Waals surface area contributed by atoms with Crippen molar-refractivity contribution in [2.45, 2.75) is 26.2 Å². The lowest BCUT2D eigenvalue weighted by molar-refractivity contribution is -0.139. The van der Waals surface area contributed by atoms with Gasteiger partial charge in [0.25, 0.3) is 0 Å². The molecule has 10 heteroatoms. The second kappa shape index (κ2) is 10.7. The number of nitrogens with two attached hydrogens (primary N) is 1. The number of allylic oxidation sites excluding steroid dienone is 2. The maximum atomic E-state index is 13.0. The highest BCUT2D eigenvalue weighted by Gasteiger charge is 2.39. The average Bonchev–Trinajstić information content (AvgIpc) is 2.69. The Morgan fingerprint density at radius 3 is 2.57 bits per heavy atom. The van der Waals surface area contributed by atoms with Crippen molar-refractivity contribution in [1.29, 1.82) is 5.41 Å². The summed E-state index contributed by atoms with van der Waals surface area (Å²) >= 11 is 13.8. The molecule has 0 fully saturated rings. The molecule has 0 bridgehead atoms. The molecule has 0 saturated heterocycles. The first-order valence-electron chi connectivity index (χ1n) is 9.09. The Balaban J connectivity index is 2.71. The number of ether oxygens (including phenoxy) is 2. The van der Waals surface area contributed by atoms with Crippen molar-refractivity contribution < 1.29 is 19.1 Å². The van der Waals surface area contributed by atoms with Crippen LogP contribution in [0.25, 0.3) is 0 Å². The maximum Gasteiger partial charge on any atom is 0.336 e. The van der Waals surface area contributed by atoms with E-state index in [-0.39, 0.29) is 27.9 Å². The molecule has 0 radical (unpaired) electrons. The lowest BCUT2D eigenvalue weighted by Crippen LogP contribution is -2.33. The van der Waals surface area contributed by atoms with Gasteiger partial charge in [0.05, 0.1) is 40.8 Å². The molecular formula is C20H23Cl2N3O4S. The minimum absolute atomic E-state index is 0.0268. The van der Waals surface area contributed by atoms with Crippen molar-refractivity contribution in [2.75, 3.05) is 19.5 Å². The van der Waals surface area contributed by atoms with E-state index in [0.717, 1.165) is 11.8 Å². The summed E-state index contributed by atoms with van der Waals surface area (Å²) in [5.41, 5.74) is 7.50. The van der Waals surface area contributed by atoms with Crippen LogP contribution >= 0.6 is 35.0 Å². The largest absolute Gasteiger partial charge is 0.466 e. The Morgan fingerprint density at radius 1 is 1.27 bits per heavy atom. The molecule has 0 spiro atoms. The van der Waals surface area contributed by atoms with Crippen LogP contribution in [0.15, 0.2) is 40.7 Å². The van der Waals surface area contributed by atoms with Gasteiger partial charge in [-0.05, 0) is 31.9 Å². The van der Waals surface area contributed by atoms with Crippen LogP contribution in [0, 0.1) is 5.41 Å². The Morgan fingerprint density at radius 2 is 1.97 bits per heavy atom. The van der Waals surface area contributed by atoms with Gasteiger partial charge in [0, 0.05) is 17.1 Å². The van der Waals surface area contributed by atoms with Crippen LogP contribution in [-0.4, -0.2) is 36.6 Å². The van der Waals surface area contributed by atoms with Gasteiger partial charge in [-0.2, -0.15) is 0 Å². The van der Waals surface area contributed by atoms with Crippen molar-refractivity contribution >= 4 is 52.1 Å². The van der Waals surface area contributed by atoms with Gasteiger partial charge >= 0.3 is 11.9 Å². The highest BCUT2D eigenvalue weighted by atomic mass is 35.5. The second-order valence-electron chi connectivity index (χ2n) is 6.31. The average molecular weight is 472 g/mol. The van der Waals surface area contributed by atoms with Gasteiger partial charge in [0.15, 0.2) is 5.17 Å². The highest BCUT2D eigenvalue weighted by molar-refractivity contribution is 8.13. The van der Waals surface area contributed by atoms with Gasteiger partial charge in [-0.15, -0.1) is 0 Å². The molecular weight excluding hydrogens is 449 g/mol. The van der Waals surface area contributed by atoms with E-state index in [1.54, 1.807) is 32.0 Å². The van der Waals surface area contributed by atoms with Crippen molar-refractivity contribution in [3.05, 3.63) is 56.3 Å². The zero-order chi connectivity index (χ0) is 22.4. The first-order valence-corrected chi connectivity index (χ1v) is 10.8. The number of dihydropyridines is 1. The summed E-state index contributed by atoms with van der Waals surface area (Å²) in [6.07, 6.45) is 0.388. The van der Waals surface area contributed by atoms with Gasteiger partial charge in [-0.1, -0.05) is 47.1 Å². The molecule has 1 atom stereocenters. The minimum Gasteiger partial charge on any atom is -0.466 e. The van der Waals surface area contributed by atoms with Gasteiger partial charge in [-0.25, -0.2) is 9.59 Å². The van der Waals surface area contributed by atoms with Crippen LogP contribution in [0.2, 0.25) is 10.0 Å². The third-order valence-corrected chi connectivity index (χ3v) is 6.00. The van der Waals surface area contributed by atoms with Gasteiger partial charge in [0.1, 0.15) is 0 Å². The van der Waals surface area contributed by atoms with Crippen molar-refractivity contribution in [3.8, 4) is 0 Å². The smallest absolute Gasteiger partial charge is 0.336 e. The molecule has 7 nitrogen and oxygen atoms in total. The third kappa shape index (κ3) is 5.30. The van der Waals surface area contributed by atoms with Crippen LogP contribution in [-0.2, 0) is 19.1 Å². The normalized spacial score (nSPS) is 16.2. The van der Waals surface area contributed by atoms with E-state index in [4.69, 9.17) is 43.8 Å². The van der Waals surface area contributed by atoms with Crippen LogP contribution in [0.3, 0.4) is 0 Å². The van der Waals surface area contributed by atoms with E-state index in [1.165, 1.54) is 7.11 Å². The van der Waals surface area contributed by atoms with E-state index >= 15 is 0 Å². The molecule has 1 aliphatic heterocycles. The summed E-state index contributed by atoms with van der Waals surface area (Å²) in [5, 5.41) is 11.0. The summed E-state index contributed by atoms with van der Waals surface area (Å²) in [6, 6.07) is 5.03. The first-order chi connectivity index (χ1) is 14.2. The molecule has 162 valence electrons. The van der Waals surface area contributed by atoms with Crippen LogP contribution in [0.5, 0.6) is 0 Å². The number of carbonyl (C=O) groups excluding carboxylic acids is 2. The molecule has 1 heterocycles. The number of amidine groups is 1. The van der Waals surface area contributed by atoms with E-state index < -0.39 is 17.9 Å². The molecule has 0 saturated carbocycles. The van der Waals surface area contributed by atoms with Gasteiger partial charge < -0.3 is 20.5 Å². The molecule has 30 heavy (non-hydrogen) atoms. The molecule has 4 N–H and O–H groups in total. The number of rotatable bonds is 7. The summed E-state index contributed by atoms with van der Waals surface area (Å²) in [4.78, 5) is 25.7. The van der Waals surface area contributed by atoms with Crippen molar-refractivity contribution in [2.24, 2.45) is 5.73 Å². The number of halogens is 2. The Bertz CT molecular complexity index is 931. The monoisotopic (exact) mass is 471 g/mol. The predicted molar refractivity (Wildman–Crippen MR) is 120 cm³/mol. The molecule has 1 aromatic carbocycles. The minimum atomic E-state index is -0.832. The standard InChI is InChI=1S/C20H23Cl2N3O4S/c1-4-29-19(27)16-13(8-9-30-20(23)24)25-10(2)14(18(26)28-3)15(16)11-6-5-7-12(21)17(11)22/h5-7,15,25H,4,8-9H2,1-3H3,(H3,23,24). The summed E-state index contributed by atoms with van der Waals surface area (Å²) in [5.74, 6) is -1.55. The SMILES string of the molecule is CCOC(=O)C1=C(CCSC(=N)N)NC(C)=C(C(=O)OC)C1c1cccc(Cl)c1Cl. The quantitative estimate of drug-likeness (QED) is 0.313. The van der Waals surface area contributed by atoms with E-state index in [2.05, 4.69) is 5.32 Å². The zero-order valence-electron chi connectivity index (χ0n) is 16.8. The fraction of sp³-hybridized carbons (Fsp3) is 0.350. The number of methoxy groups -OCH3 is 1. The van der Waals surface area contributed by atoms with Gasteiger partial charge in [0.2, 0.25) is 0 Å². The Hall–Kier alpha value is -2.16. The van der Waals surface area contributed by atoms with Crippen molar-refractivity contribution in [3.63, 3.8) is 0 Å². The highest BCUT2D eigenvalue weighted by Crippen LogP contribution is 2.44. The molecule has 0 aromatic heterocycles. The topological polar surface area (TPSA) is 115 Å². The third-order valence-electron chi connectivity index (χ3n) is 4.45. The van der Waals surface area contributed by atoms with Gasteiger partial charge in [-0.3, -0.25) is 5.41 Å². The summed E-state index contributed by atoms with van der Waals surface area (Å²) in [6.45, 7) is 3.57. The van der Waals surface area contributed by atoms with Crippen LogP contribution in [0.4, 0.5) is 0 Å². The van der Waals surface area contributed by atoms with Crippen LogP contribution < -0.4 is 11.1 Å². The second-order valence-corrected chi connectivity index (χ2v) is 8.23. The predicted octanol–water partition coefficient (Wildman–Crippen LogP) is 3.96. The van der Waals surface area contributed by atoms with Crippen LogP contribution in [0.1, 0.15) is 31.7 Å². The fourth-order valence-corrected chi connectivity index (χ4v) is 4.18. The van der Waals surface area contributed by atoms with E-state index in [9.17, 15) is 9.59 Å². The fourth-order valence-electron chi connectivity index (χ4n) is 3.24. The first kappa shape index (κ1) is 24.1. The number of carbonyl (C=O) groups is 2. The maximum absolute atomic E-state index is 13.0. The molecule has 1 aliphatic rings. The molecule has 0 aliphatic carbocycles. The number of hydrogen-bond acceptors (Lipinski definition) is 7. The lowest BCUT2D eigenvalue weighted by Gasteiger charge is -2.32. The molecule has 2 rings (SSSR count). The molecule has 0 amide bonds. The zero-order valence-corrected chi connectivity index (χ0v) is 19.1. The number of esters is 2. The number of thioether (sulfide) groups is 1. The summed E-state index contributed by atoms with van der Waals surface area (Å²) < 4.78 is 10.3.